The number of fused-ring (bicyclic) bond motifs is 1. The smallest absolute Gasteiger partial charge is 0.264 e. The van der Waals surface area contributed by atoms with Crippen LogP contribution in [-0.2, 0) is 11.3 Å². The molecular formula is C23H23N5O2. The Morgan fingerprint density at radius 1 is 1.00 bits per heavy atom. The molecule has 4 rings (SSSR count). The molecule has 0 bridgehead atoms. The number of nitrogens with zero attached hydrogens (tertiary/aromatic N) is 4. The summed E-state index contributed by atoms with van der Waals surface area (Å²) in [7, 11) is 0. The van der Waals surface area contributed by atoms with Crippen molar-refractivity contribution in [2.45, 2.75) is 34.2 Å². The van der Waals surface area contributed by atoms with Crippen LogP contribution in [0.1, 0.15) is 22.3 Å². The van der Waals surface area contributed by atoms with Crippen LogP contribution in [0.5, 0.6) is 0 Å². The fourth-order valence-corrected chi connectivity index (χ4v) is 3.51. The number of hydrogen-bond donors (Lipinski definition) is 1. The lowest BCUT2D eigenvalue weighted by atomic mass is 10.1. The molecule has 4 aromatic rings. The van der Waals surface area contributed by atoms with Crippen LogP contribution in [0.2, 0.25) is 0 Å². The van der Waals surface area contributed by atoms with Gasteiger partial charge in [0.25, 0.3) is 5.56 Å². The lowest BCUT2D eigenvalue weighted by Gasteiger charge is -2.09. The largest absolute Gasteiger partial charge is 0.325 e. The number of aryl methyl sites for hydroxylation is 4. The summed E-state index contributed by atoms with van der Waals surface area (Å²) < 4.78 is 2.94. The average Bonchev–Trinajstić information content (AvgIpc) is 3.10. The van der Waals surface area contributed by atoms with Crippen LogP contribution in [0.25, 0.3) is 16.7 Å². The number of carbonyl (C=O) groups excluding carboxylic acids is 1. The standard InChI is InChI=1S/C23H23N5O2/c1-14-7-15(2)9-18(8-14)26-21(29)12-27-13-24-22-20(23(27)30)11-25-28(22)19-6-5-16(3)17(4)10-19/h5-11,13H,12H2,1-4H3,(H,26,29). The van der Waals surface area contributed by atoms with Gasteiger partial charge in [0.2, 0.25) is 5.91 Å². The van der Waals surface area contributed by atoms with Crippen LogP contribution < -0.4 is 10.9 Å². The molecule has 0 spiro atoms. The minimum atomic E-state index is -0.300. The highest BCUT2D eigenvalue weighted by Gasteiger charge is 2.14. The molecule has 0 atom stereocenters. The highest BCUT2D eigenvalue weighted by molar-refractivity contribution is 5.91. The molecule has 0 fully saturated rings. The van der Waals surface area contributed by atoms with E-state index in [0.29, 0.717) is 16.7 Å². The fourth-order valence-electron chi connectivity index (χ4n) is 3.51. The maximum Gasteiger partial charge on any atom is 0.264 e. The number of benzene rings is 2. The van der Waals surface area contributed by atoms with Gasteiger partial charge in [-0.15, -0.1) is 0 Å². The number of nitrogens with one attached hydrogen (secondary N) is 1. The van der Waals surface area contributed by atoms with Gasteiger partial charge in [0.05, 0.1) is 11.9 Å². The lowest BCUT2D eigenvalue weighted by molar-refractivity contribution is -0.116. The summed E-state index contributed by atoms with van der Waals surface area (Å²) in [6, 6.07) is 11.8. The van der Waals surface area contributed by atoms with Crippen LogP contribution in [-0.4, -0.2) is 25.2 Å². The topological polar surface area (TPSA) is 81.8 Å². The first kappa shape index (κ1) is 19.6. The average molecular weight is 401 g/mol. The summed E-state index contributed by atoms with van der Waals surface area (Å²) in [5, 5.41) is 7.56. The minimum absolute atomic E-state index is 0.121. The quantitative estimate of drug-likeness (QED) is 0.568. The van der Waals surface area contributed by atoms with E-state index in [-0.39, 0.29) is 18.0 Å². The Kier molecular flexibility index (Phi) is 4.95. The van der Waals surface area contributed by atoms with Gasteiger partial charge in [0.1, 0.15) is 18.3 Å². The van der Waals surface area contributed by atoms with Crippen LogP contribution in [0.3, 0.4) is 0 Å². The second kappa shape index (κ2) is 7.59. The van der Waals surface area contributed by atoms with E-state index in [1.165, 1.54) is 22.7 Å². The first-order valence-corrected chi connectivity index (χ1v) is 9.71. The van der Waals surface area contributed by atoms with E-state index < -0.39 is 0 Å². The summed E-state index contributed by atoms with van der Waals surface area (Å²) in [6.45, 7) is 7.89. The van der Waals surface area contributed by atoms with Gasteiger partial charge in [-0.2, -0.15) is 5.10 Å². The van der Waals surface area contributed by atoms with Gasteiger partial charge >= 0.3 is 0 Å². The molecule has 1 N–H and O–H groups in total. The lowest BCUT2D eigenvalue weighted by Crippen LogP contribution is -2.27. The van der Waals surface area contributed by atoms with E-state index in [9.17, 15) is 9.59 Å². The Hall–Kier alpha value is -3.74. The Bertz CT molecular complexity index is 1310. The maximum absolute atomic E-state index is 12.9. The Labute approximate surface area is 174 Å². The van der Waals surface area contributed by atoms with E-state index in [4.69, 9.17) is 0 Å². The van der Waals surface area contributed by atoms with E-state index >= 15 is 0 Å². The number of amides is 1. The van der Waals surface area contributed by atoms with Crippen LogP contribution in [0, 0.1) is 27.7 Å². The first-order chi connectivity index (χ1) is 14.3. The van der Waals surface area contributed by atoms with Gasteiger partial charge in [-0.25, -0.2) is 9.67 Å². The van der Waals surface area contributed by atoms with E-state index in [1.54, 1.807) is 4.68 Å². The molecule has 0 saturated heterocycles. The van der Waals surface area contributed by atoms with Crippen molar-refractivity contribution in [2.75, 3.05) is 5.32 Å². The Morgan fingerprint density at radius 3 is 2.43 bits per heavy atom. The molecule has 0 unspecified atom stereocenters. The van der Waals surface area contributed by atoms with Crippen LogP contribution in [0.15, 0.2) is 53.7 Å². The molecular weight excluding hydrogens is 378 g/mol. The van der Waals surface area contributed by atoms with E-state index in [0.717, 1.165) is 22.4 Å². The van der Waals surface area contributed by atoms with Crippen molar-refractivity contribution < 1.29 is 4.79 Å². The molecule has 2 heterocycles. The number of hydrogen-bond acceptors (Lipinski definition) is 4. The third-order valence-corrected chi connectivity index (χ3v) is 5.11. The molecule has 30 heavy (non-hydrogen) atoms. The Morgan fingerprint density at radius 2 is 1.73 bits per heavy atom. The SMILES string of the molecule is Cc1cc(C)cc(NC(=O)Cn2cnc3c(cnn3-c3ccc(C)c(C)c3)c2=O)c1. The molecule has 1 amide bonds. The summed E-state index contributed by atoms with van der Waals surface area (Å²) in [4.78, 5) is 29.8. The summed E-state index contributed by atoms with van der Waals surface area (Å²) in [5.41, 5.74) is 6.15. The maximum atomic E-state index is 12.9. The Balaban J connectivity index is 1.62. The minimum Gasteiger partial charge on any atom is -0.325 e. The number of anilines is 1. The van der Waals surface area contributed by atoms with Crippen molar-refractivity contribution >= 4 is 22.6 Å². The third kappa shape index (κ3) is 3.74. The van der Waals surface area contributed by atoms with Gasteiger partial charge in [0.15, 0.2) is 5.65 Å². The normalized spacial score (nSPS) is 11.1. The summed E-state index contributed by atoms with van der Waals surface area (Å²) in [6.07, 6.45) is 2.89. The molecule has 0 radical (unpaired) electrons. The van der Waals surface area contributed by atoms with Crippen molar-refractivity contribution in [2.24, 2.45) is 0 Å². The van der Waals surface area contributed by atoms with Crippen molar-refractivity contribution in [3.8, 4) is 5.69 Å². The number of carbonyl (C=O) groups is 1. The van der Waals surface area contributed by atoms with Crippen molar-refractivity contribution in [1.29, 1.82) is 0 Å². The summed E-state index contributed by atoms with van der Waals surface area (Å²) >= 11 is 0. The zero-order chi connectivity index (χ0) is 21.4. The zero-order valence-corrected chi connectivity index (χ0v) is 17.4. The molecule has 0 aliphatic rings. The molecule has 0 aliphatic heterocycles. The molecule has 2 aromatic heterocycles. The number of aromatic nitrogens is 4. The van der Waals surface area contributed by atoms with Gasteiger partial charge in [-0.1, -0.05) is 12.1 Å². The zero-order valence-electron chi connectivity index (χ0n) is 17.4. The van der Waals surface area contributed by atoms with Crippen molar-refractivity contribution in [3.05, 3.63) is 81.5 Å². The van der Waals surface area contributed by atoms with E-state index in [2.05, 4.69) is 15.4 Å². The number of rotatable bonds is 4. The predicted molar refractivity (Wildman–Crippen MR) is 117 cm³/mol. The van der Waals surface area contributed by atoms with Gasteiger partial charge in [-0.3, -0.25) is 14.2 Å². The van der Waals surface area contributed by atoms with Crippen LogP contribution in [0.4, 0.5) is 5.69 Å². The van der Waals surface area contributed by atoms with Gasteiger partial charge in [-0.05, 0) is 74.2 Å². The molecule has 152 valence electrons. The second-order valence-electron chi connectivity index (χ2n) is 7.66. The van der Waals surface area contributed by atoms with Crippen molar-refractivity contribution in [3.63, 3.8) is 0 Å². The molecule has 7 heteroatoms. The molecule has 7 nitrogen and oxygen atoms in total. The first-order valence-electron chi connectivity index (χ1n) is 9.71. The van der Waals surface area contributed by atoms with E-state index in [1.807, 2.05) is 64.1 Å². The third-order valence-electron chi connectivity index (χ3n) is 5.11. The van der Waals surface area contributed by atoms with Gasteiger partial charge < -0.3 is 5.32 Å². The highest BCUT2D eigenvalue weighted by atomic mass is 16.2. The van der Waals surface area contributed by atoms with Crippen LogP contribution >= 0.6 is 0 Å². The highest BCUT2D eigenvalue weighted by Crippen LogP contribution is 2.17. The molecule has 0 saturated carbocycles. The van der Waals surface area contributed by atoms with Gasteiger partial charge in [0, 0.05) is 5.69 Å². The second-order valence-corrected chi connectivity index (χ2v) is 7.66. The van der Waals surface area contributed by atoms with Crippen molar-refractivity contribution in [1.82, 2.24) is 19.3 Å². The summed E-state index contributed by atoms with van der Waals surface area (Å²) in [5.74, 6) is -0.287. The fraction of sp³-hybridized carbons (Fsp3) is 0.217. The molecule has 0 aliphatic carbocycles. The molecule has 2 aromatic carbocycles. The predicted octanol–water partition coefficient (Wildman–Crippen LogP) is 3.45. The monoisotopic (exact) mass is 401 g/mol.